The van der Waals surface area contributed by atoms with Gasteiger partial charge in [-0.3, -0.25) is 0 Å². The second-order valence-corrected chi connectivity index (χ2v) is 3.01. The second kappa shape index (κ2) is 3.30. The van der Waals surface area contributed by atoms with Gasteiger partial charge in [-0.05, 0) is 12.1 Å². The first kappa shape index (κ1) is 9.57. The average Bonchev–Trinajstić information content (AvgIpc) is 2.46. The number of nitrogens with two attached hydrogens (primary N) is 1. The van der Waals surface area contributed by atoms with Crippen molar-refractivity contribution in [2.24, 2.45) is 7.05 Å². The van der Waals surface area contributed by atoms with Gasteiger partial charge in [0.05, 0.1) is 5.56 Å². The third-order valence-corrected chi connectivity index (χ3v) is 1.98. The number of halogens is 2. The number of anilines is 1. The number of rotatable bonds is 1. The van der Waals surface area contributed by atoms with Crippen LogP contribution >= 0.6 is 0 Å². The molecule has 6 heteroatoms. The lowest BCUT2D eigenvalue weighted by Crippen LogP contribution is -1.97. The second-order valence-electron chi connectivity index (χ2n) is 3.01. The van der Waals surface area contributed by atoms with Crippen LogP contribution < -0.4 is 5.73 Å². The molecule has 0 fully saturated rings. The molecule has 4 nitrogen and oxygen atoms in total. The van der Waals surface area contributed by atoms with Gasteiger partial charge in [0.25, 0.3) is 0 Å². The van der Waals surface area contributed by atoms with Crippen LogP contribution in [0.2, 0.25) is 0 Å². The zero-order chi connectivity index (χ0) is 11.0. The van der Waals surface area contributed by atoms with Crippen molar-refractivity contribution in [3.8, 4) is 11.4 Å². The maximum atomic E-state index is 13.3. The molecule has 0 aliphatic carbocycles. The molecule has 78 valence electrons. The molecule has 0 spiro atoms. The lowest BCUT2D eigenvalue weighted by molar-refractivity contribution is 0.587. The number of nitrogens with zero attached hydrogens (tertiary/aromatic N) is 3. The molecule has 0 saturated carbocycles. The molecule has 0 amide bonds. The Morgan fingerprint density at radius 1 is 1.27 bits per heavy atom. The summed E-state index contributed by atoms with van der Waals surface area (Å²) in [4.78, 5) is 3.75. The van der Waals surface area contributed by atoms with Crippen molar-refractivity contribution >= 4 is 5.95 Å². The summed E-state index contributed by atoms with van der Waals surface area (Å²) in [5.74, 6) is -1.36. The van der Waals surface area contributed by atoms with E-state index in [1.807, 2.05) is 0 Å². The van der Waals surface area contributed by atoms with Gasteiger partial charge in [-0.1, -0.05) is 6.07 Å². The molecule has 0 aliphatic rings. The summed E-state index contributed by atoms with van der Waals surface area (Å²) in [6.07, 6.45) is 0. The number of aromatic nitrogens is 3. The normalized spacial score (nSPS) is 10.6. The fraction of sp³-hybridized carbons (Fsp3) is 0.111. The standard InChI is InChI=1S/C9H8F2N4/c1-15-9(12)13-8(14-15)7-5(10)3-2-4-6(7)11/h2-4H,1H3,(H2,12,13,14). The summed E-state index contributed by atoms with van der Waals surface area (Å²) in [5, 5.41) is 3.80. The Labute approximate surface area is 84.4 Å². The molecule has 0 unspecified atom stereocenters. The van der Waals surface area contributed by atoms with Gasteiger partial charge in [0.2, 0.25) is 5.95 Å². The lowest BCUT2D eigenvalue weighted by atomic mass is 10.2. The van der Waals surface area contributed by atoms with Gasteiger partial charge in [-0.15, -0.1) is 5.10 Å². The highest BCUT2D eigenvalue weighted by molar-refractivity contribution is 5.57. The predicted molar refractivity (Wildman–Crippen MR) is 50.8 cm³/mol. The summed E-state index contributed by atoms with van der Waals surface area (Å²) >= 11 is 0. The molecular formula is C9H8F2N4. The molecule has 1 aromatic carbocycles. The van der Waals surface area contributed by atoms with Crippen LogP contribution in [0.1, 0.15) is 0 Å². The molecule has 0 atom stereocenters. The van der Waals surface area contributed by atoms with Crippen molar-refractivity contribution < 1.29 is 8.78 Å². The van der Waals surface area contributed by atoms with E-state index in [2.05, 4.69) is 10.1 Å². The molecule has 15 heavy (non-hydrogen) atoms. The fourth-order valence-electron chi connectivity index (χ4n) is 1.21. The molecule has 0 radical (unpaired) electrons. The average molecular weight is 210 g/mol. The number of aryl methyl sites for hydroxylation is 1. The monoisotopic (exact) mass is 210 g/mol. The van der Waals surface area contributed by atoms with Gasteiger partial charge in [0.1, 0.15) is 11.6 Å². The van der Waals surface area contributed by atoms with E-state index in [9.17, 15) is 8.78 Å². The Morgan fingerprint density at radius 3 is 2.33 bits per heavy atom. The molecule has 2 aromatic rings. The lowest BCUT2D eigenvalue weighted by Gasteiger charge is -1.98. The van der Waals surface area contributed by atoms with E-state index in [-0.39, 0.29) is 17.3 Å². The van der Waals surface area contributed by atoms with E-state index in [1.54, 1.807) is 7.05 Å². The fourth-order valence-corrected chi connectivity index (χ4v) is 1.21. The molecule has 0 bridgehead atoms. The molecule has 0 aliphatic heterocycles. The van der Waals surface area contributed by atoms with Gasteiger partial charge < -0.3 is 5.73 Å². The van der Waals surface area contributed by atoms with E-state index in [0.29, 0.717) is 0 Å². The summed E-state index contributed by atoms with van der Waals surface area (Å²) in [5.41, 5.74) is 5.16. The highest BCUT2D eigenvalue weighted by atomic mass is 19.1. The molecule has 2 rings (SSSR count). The highest BCUT2D eigenvalue weighted by Gasteiger charge is 2.16. The zero-order valence-corrected chi connectivity index (χ0v) is 7.91. The Kier molecular flexibility index (Phi) is 2.11. The van der Waals surface area contributed by atoms with Crippen molar-refractivity contribution in [1.82, 2.24) is 14.8 Å². The van der Waals surface area contributed by atoms with E-state index in [4.69, 9.17) is 5.73 Å². The van der Waals surface area contributed by atoms with Crippen molar-refractivity contribution in [3.05, 3.63) is 29.8 Å². The highest BCUT2D eigenvalue weighted by Crippen LogP contribution is 2.23. The van der Waals surface area contributed by atoms with E-state index in [0.717, 1.165) is 12.1 Å². The van der Waals surface area contributed by atoms with Crippen LogP contribution in [-0.2, 0) is 7.05 Å². The van der Waals surface area contributed by atoms with Crippen LogP contribution in [0.5, 0.6) is 0 Å². The Balaban J connectivity index is 2.63. The Hall–Kier alpha value is -1.98. The van der Waals surface area contributed by atoms with Crippen LogP contribution in [0.15, 0.2) is 18.2 Å². The van der Waals surface area contributed by atoms with E-state index in [1.165, 1.54) is 10.7 Å². The van der Waals surface area contributed by atoms with Gasteiger partial charge in [-0.2, -0.15) is 4.98 Å². The molecule has 0 saturated heterocycles. The first-order valence-electron chi connectivity index (χ1n) is 4.20. The maximum Gasteiger partial charge on any atom is 0.218 e. The third kappa shape index (κ3) is 1.54. The minimum Gasteiger partial charge on any atom is -0.368 e. The van der Waals surface area contributed by atoms with Crippen molar-refractivity contribution in [2.45, 2.75) is 0 Å². The van der Waals surface area contributed by atoms with Gasteiger partial charge in [0, 0.05) is 7.05 Å². The maximum absolute atomic E-state index is 13.3. The predicted octanol–water partition coefficient (Wildman–Crippen LogP) is 1.34. The smallest absolute Gasteiger partial charge is 0.218 e. The van der Waals surface area contributed by atoms with Crippen LogP contribution in [0, 0.1) is 11.6 Å². The first-order valence-corrected chi connectivity index (χ1v) is 4.20. The van der Waals surface area contributed by atoms with Crippen molar-refractivity contribution in [1.29, 1.82) is 0 Å². The Bertz CT molecular complexity index is 467. The van der Waals surface area contributed by atoms with Crippen LogP contribution in [0.3, 0.4) is 0 Å². The minimum atomic E-state index is -0.708. The zero-order valence-electron chi connectivity index (χ0n) is 7.91. The van der Waals surface area contributed by atoms with Crippen LogP contribution in [0.25, 0.3) is 11.4 Å². The Morgan fingerprint density at radius 2 is 1.87 bits per heavy atom. The van der Waals surface area contributed by atoms with Gasteiger partial charge in [0.15, 0.2) is 5.82 Å². The van der Waals surface area contributed by atoms with Crippen LogP contribution in [0.4, 0.5) is 14.7 Å². The van der Waals surface area contributed by atoms with E-state index >= 15 is 0 Å². The summed E-state index contributed by atoms with van der Waals surface area (Å²) in [7, 11) is 1.55. The van der Waals surface area contributed by atoms with Gasteiger partial charge >= 0.3 is 0 Å². The SMILES string of the molecule is Cn1nc(-c2c(F)cccc2F)nc1N. The number of hydrogen-bond acceptors (Lipinski definition) is 3. The van der Waals surface area contributed by atoms with Crippen molar-refractivity contribution in [2.75, 3.05) is 5.73 Å². The minimum absolute atomic E-state index is 0.0504. The molecule has 1 aromatic heterocycles. The van der Waals surface area contributed by atoms with Crippen LogP contribution in [-0.4, -0.2) is 14.8 Å². The number of hydrogen-bond donors (Lipinski definition) is 1. The van der Waals surface area contributed by atoms with Crippen molar-refractivity contribution in [3.63, 3.8) is 0 Å². The largest absolute Gasteiger partial charge is 0.368 e. The first-order chi connectivity index (χ1) is 7.09. The van der Waals surface area contributed by atoms with E-state index < -0.39 is 11.6 Å². The summed E-state index contributed by atoms with van der Waals surface area (Å²) in [6.45, 7) is 0. The summed E-state index contributed by atoms with van der Waals surface area (Å²) < 4.78 is 27.9. The topological polar surface area (TPSA) is 56.7 Å². The quantitative estimate of drug-likeness (QED) is 0.772. The number of nitrogen functional groups attached to an aromatic ring is 1. The molecular weight excluding hydrogens is 202 g/mol. The number of benzene rings is 1. The molecule has 2 N–H and O–H groups in total. The summed E-state index contributed by atoms with van der Waals surface area (Å²) in [6, 6.07) is 3.57. The molecule has 1 heterocycles. The van der Waals surface area contributed by atoms with Gasteiger partial charge in [-0.25, -0.2) is 13.5 Å². The third-order valence-electron chi connectivity index (χ3n) is 1.98.